The van der Waals surface area contributed by atoms with E-state index in [4.69, 9.17) is 0 Å². The van der Waals surface area contributed by atoms with Gasteiger partial charge in [-0.3, -0.25) is 4.39 Å². The molecule has 0 saturated heterocycles. The van der Waals surface area contributed by atoms with Crippen LogP contribution in [0.5, 0.6) is 0 Å². The summed E-state index contributed by atoms with van der Waals surface area (Å²) >= 11 is 0. The van der Waals surface area contributed by atoms with Crippen LogP contribution in [-0.4, -0.2) is 12.6 Å². The van der Waals surface area contributed by atoms with Crippen molar-refractivity contribution in [3.63, 3.8) is 0 Å². The molecule has 0 N–H and O–H groups in total. The van der Waals surface area contributed by atoms with Gasteiger partial charge in [0.15, 0.2) is 0 Å². The summed E-state index contributed by atoms with van der Waals surface area (Å²) in [4.78, 5) is 0. The highest BCUT2D eigenvalue weighted by molar-refractivity contribution is 7.31. The van der Waals surface area contributed by atoms with Gasteiger partial charge in [-0.2, -0.15) is 0 Å². The van der Waals surface area contributed by atoms with Crippen molar-refractivity contribution < 1.29 is 17.9 Å². The molecule has 1 atom stereocenters. The maximum absolute atomic E-state index is 11.9. The maximum atomic E-state index is 11.9. The minimum Gasteiger partial charge on any atom is -0.251 e. The number of alkyl halides is 2. The van der Waals surface area contributed by atoms with Crippen LogP contribution in [0.25, 0.3) is 0 Å². The first-order chi connectivity index (χ1) is 4.18. The van der Waals surface area contributed by atoms with Crippen molar-refractivity contribution in [3.8, 4) is 0 Å². The molecule has 0 aliphatic carbocycles. The van der Waals surface area contributed by atoms with Crippen molar-refractivity contribution in [1.29, 1.82) is 0 Å². The van der Waals surface area contributed by atoms with Gasteiger partial charge in [-0.15, -0.1) is 0 Å². The molecule has 0 rings (SSSR count). The Labute approximate surface area is 52.1 Å². The lowest BCUT2D eigenvalue weighted by Gasteiger charge is -1.92. The van der Waals surface area contributed by atoms with E-state index in [1.165, 1.54) is 0 Å². The normalized spacial score (nSPS) is 13.1. The molecule has 1 unspecified atom stereocenters. The van der Waals surface area contributed by atoms with E-state index in [9.17, 15) is 17.9 Å². The van der Waals surface area contributed by atoms with Crippen molar-refractivity contribution in [1.82, 2.24) is 0 Å². The Morgan fingerprint density at radius 1 is 1.44 bits per heavy atom. The molecule has 0 amide bonds. The second-order valence-electron chi connectivity index (χ2n) is 1.55. The lowest BCUT2D eigenvalue weighted by atomic mass is 10.4. The Balaban J connectivity index is 3.38. The highest BCUT2D eigenvalue weighted by atomic mass is 31.1. The van der Waals surface area contributed by atoms with Gasteiger partial charge in [-0.25, -0.2) is 13.5 Å². The Kier molecular flexibility index (Phi) is 4.50. The highest BCUT2D eigenvalue weighted by Crippen LogP contribution is 2.20. The Bertz CT molecular complexity index is 127. The van der Waals surface area contributed by atoms with E-state index in [0.29, 0.717) is 0 Å². The van der Waals surface area contributed by atoms with Crippen LogP contribution in [0.3, 0.4) is 0 Å². The fourth-order valence-corrected chi connectivity index (χ4v) is 0.744. The van der Waals surface area contributed by atoms with Gasteiger partial charge in [0.2, 0.25) is 5.91 Å². The molecular weight excluding hydrogens is 149 g/mol. The summed E-state index contributed by atoms with van der Waals surface area (Å²) < 4.78 is 42.7. The lowest BCUT2D eigenvalue weighted by molar-refractivity contribution is 0.358. The highest BCUT2D eigenvalue weighted by Gasteiger charge is 2.10. The molecule has 0 saturated carbocycles. The number of rotatable bonds is 4. The molecular formula is C4H7F2O2P. The summed E-state index contributed by atoms with van der Waals surface area (Å²) in [5.41, 5.74) is 0. The first kappa shape index (κ1) is 8.76. The number of hydrogen-bond donors (Lipinski definition) is 0. The molecule has 0 radical (unpaired) electrons. The summed E-state index contributed by atoms with van der Waals surface area (Å²) in [7, 11) is -3.01. The summed E-state index contributed by atoms with van der Waals surface area (Å²) in [5, 5.41) is 0. The average molecular weight is 156 g/mol. The van der Waals surface area contributed by atoms with Crippen LogP contribution in [0.1, 0.15) is 12.8 Å². The second kappa shape index (κ2) is 4.62. The van der Waals surface area contributed by atoms with Crippen LogP contribution in [0.15, 0.2) is 0 Å². The standard InChI is InChI=1S/C4H7F2O2P/c5-3-1-2-4(6)9(7)8/h4H,1-3H2. The van der Waals surface area contributed by atoms with Gasteiger partial charge in [-0.1, -0.05) is 0 Å². The zero-order valence-electron chi connectivity index (χ0n) is 4.72. The third-order valence-corrected chi connectivity index (χ3v) is 1.52. The van der Waals surface area contributed by atoms with Crippen molar-refractivity contribution in [2.45, 2.75) is 18.8 Å². The largest absolute Gasteiger partial charge is 0.350 e. The van der Waals surface area contributed by atoms with E-state index in [0.717, 1.165) is 0 Å². The zero-order chi connectivity index (χ0) is 7.28. The van der Waals surface area contributed by atoms with Crippen LogP contribution in [0.4, 0.5) is 8.78 Å². The van der Waals surface area contributed by atoms with Gasteiger partial charge in [0.05, 0.1) is 6.67 Å². The molecule has 0 fully saturated rings. The predicted molar refractivity (Wildman–Crippen MR) is 28.4 cm³/mol. The first-order valence-electron chi connectivity index (χ1n) is 2.52. The molecule has 0 aliphatic heterocycles. The van der Waals surface area contributed by atoms with E-state index in [1.54, 1.807) is 0 Å². The third kappa shape index (κ3) is 4.28. The monoisotopic (exact) mass is 156 g/mol. The first-order valence-corrected chi connectivity index (χ1v) is 3.76. The van der Waals surface area contributed by atoms with Crippen LogP contribution in [-0.2, 0) is 9.13 Å². The van der Waals surface area contributed by atoms with Crippen LogP contribution < -0.4 is 0 Å². The van der Waals surface area contributed by atoms with Gasteiger partial charge >= 0.3 is 7.68 Å². The molecule has 54 valence electrons. The van der Waals surface area contributed by atoms with Crippen molar-refractivity contribution >= 4 is 7.68 Å². The fourth-order valence-electron chi connectivity index (χ4n) is 0.351. The molecule has 0 spiro atoms. The minimum absolute atomic E-state index is 0.0233. The van der Waals surface area contributed by atoms with Crippen molar-refractivity contribution in [2.24, 2.45) is 0 Å². The summed E-state index contributed by atoms with van der Waals surface area (Å²) in [6, 6.07) is 0. The second-order valence-corrected chi connectivity index (χ2v) is 2.68. The minimum atomic E-state index is -3.01. The molecule has 0 heterocycles. The summed E-state index contributed by atoms with van der Waals surface area (Å²) in [5.74, 6) is -1.87. The van der Waals surface area contributed by atoms with E-state index >= 15 is 0 Å². The fraction of sp³-hybridized carbons (Fsp3) is 1.00. The van der Waals surface area contributed by atoms with E-state index in [2.05, 4.69) is 0 Å². The third-order valence-electron chi connectivity index (χ3n) is 0.805. The molecule has 9 heavy (non-hydrogen) atoms. The van der Waals surface area contributed by atoms with Crippen molar-refractivity contribution in [3.05, 3.63) is 0 Å². The SMILES string of the molecule is O=P(=O)C(F)CCCF. The van der Waals surface area contributed by atoms with E-state index < -0.39 is 20.3 Å². The van der Waals surface area contributed by atoms with E-state index in [-0.39, 0.29) is 12.8 Å². The maximum Gasteiger partial charge on any atom is 0.350 e. The Hall–Kier alpha value is -0.240. The van der Waals surface area contributed by atoms with Gasteiger partial charge in [0.25, 0.3) is 0 Å². The summed E-state index contributed by atoms with van der Waals surface area (Å²) in [6.45, 7) is -0.663. The molecule has 0 bridgehead atoms. The van der Waals surface area contributed by atoms with Crippen LogP contribution >= 0.6 is 7.68 Å². The van der Waals surface area contributed by atoms with E-state index in [1.807, 2.05) is 0 Å². The van der Waals surface area contributed by atoms with Gasteiger partial charge < -0.3 is 0 Å². The van der Waals surface area contributed by atoms with Crippen LogP contribution in [0.2, 0.25) is 0 Å². The van der Waals surface area contributed by atoms with Gasteiger partial charge in [0, 0.05) is 0 Å². The quantitative estimate of drug-likeness (QED) is 0.584. The smallest absolute Gasteiger partial charge is 0.251 e. The number of hydrogen-bond acceptors (Lipinski definition) is 2. The molecule has 0 aromatic heterocycles. The molecule has 0 aromatic carbocycles. The van der Waals surface area contributed by atoms with Crippen LogP contribution in [0, 0.1) is 0 Å². The zero-order valence-corrected chi connectivity index (χ0v) is 5.61. The van der Waals surface area contributed by atoms with Crippen molar-refractivity contribution in [2.75, 3.05) is 6.67 Å². The topological polar surface area (TPSA) is 34.1 Å². The van der Waals surface area contributed by atoms with Gasteiger partial charge in [0.1, 0.15) is 0 Å². The molecule has 5 heteroatoms. The average Bonchev–Trinajstić information content (AvgIpc) is 1.82. The molecule has 0 aliphatic rings. The van der Waals surface area contributed by atoms with Gasteiger partial charge in [-0.05, 0) is 12.8 Å². The Morgan fingerprint density at radius 2 is 2.00 bits per heavy atom. The number of halogens is 2. The molecule has 0 aromatic rings. The Morgan fingerprint density at radius 3 is 2.33 bits per heavy atom. The lowest BCUT2D eigenvalue weighted by Crippen LogP contribution is -1.90. The predicted octanol–water partition coefficient (Wildman–Crippen LogP) is 2.20. The summed E-state index contributed by atoms with van der Waals surface area (Å²) in [6.07, 6.45) is -0.250. The molecule has 2 nitrogen and oxygen atoms in total.